The van der Waals surface area contributed by atoms with Gasteiger partial charge in [0.05, 0.1) is 11.0 Å². The zero-order valence-electron chi connectivity index (χ0n) is 12.7. The molecule has 1 rings (SSSR count). The molecule has 0 spiro atoms. The number of benzene rings is 1. The van der Waals surface area contributed by atoms with E-state index in [0.717, 1.165) is 12.1 Å². The van der Waals surface area contributed by atoms with Gasteiger partial charge < -0.3 is 15.2 Å². The Bertz CT molecular complexity index is 574. The van der Waals surface area contributed by atoms with E-state index < -0.39 is 35.5 Å². The zero-order chi connectivity index (χ0) is 17.6. The number of hydrogen-bond acceptors (Lipinski definition) is 3. The topological polar surface area (TPSA) is 75.6 Å². The summed E-state index contributed by atoms with van der Waals surface area (Å²) in [5.41, 5.74) is -1.45. The summed E-state index contributed by atoms with van der Waals surface area (Å²) in [6.07, 6.45) is 0.561. The third kappa shape index (κ3) is 4.61. The second-order valence-corrected chi connectivity index (χ2v) is 4.99. The van der Waals surface area contributed by atoms with Crippen molar-refractivity contribution >= 4 is 11.9 Å². The molecule has 0 unspecified atom stereocenters. The monoisotopic (exact) mass is 333 g/mol. The summed E-state index contributed by atoms with van der Waals surface area (Å²) < 4.78 is 41.9. The molecule has 2 N–H and O–H groups in total. The third-order valence-electron chi connectivity index (χ3n) is 3.80. The van der Waals surface area contributed by atoms with Gasteiger partial charge in [-0.15, -0.1) is 0 Å². The van der Waals surface area contributed by atoms with Crippen LogP contribution in [0.4, 0.5) is 13.2 Å². The summed E-state index contributed by atoms with van der Waals surface area (Å²) >= 11 is 0. The zero-order valence-corrected chi connectivity index (χ0v) is 12.7. The summed E-state index contributed by atoms with van der Waals surface area (Å²) in [6.45, 7) is -0.0487. The number of carbonyl (C=O) groups excluding carboxylic acids is 1. The predicted octanol–water partition coefficient (Wildman–Crippen LogP) is 3.05. The van der Waals surface area contributed by atoms with E-state index in [1.54, 1.807) is 13.8 Å². The van der Waals surface area contributed by atoms with Gasteiger partial charge in [0.2, 0.25) is 0 Å². The molecule has 1 amide bonds. The van der Waals surface area contributed by atoms with Crippen molar-refractivity contribution in [2.75, 3.05) is 6.54 Å². The van der Waals surface area contributed by atoms with Crippen LogP contribution in [0.1, 0.15) is 37.0 Å². The van der Waals surface area contributed by atoms with Crippen molar-refractivity contribution in [3.8, 4) is 5.75 Å². The van der Waals surface area contributed by atoms with Crippen LogP contribution in [0.3, 0.4) is 0 Å². The summed E-state index contributed by atoms with van der Waals surface area (Å²) in [4.78, 5) is 23.5. The van der Waals surface area contributed by atoms with E-state index in [4.69, 9.17) is 0 Å². The van der Waals surface area contributed by atoms with Crippen molar-refractivity contribution in [2.45, 2.75) is 33.3 Å². The smallest absolute Gasteiger partial charge is 0.387 e. The Labute approximate surface area is 131 Å². The van der Waals surface area contributed by atoms with Crippen LogP contribution >= 0.6 is 0 Å². The lowest BCUT2D eigenvalue weighted by Crippen LogP contribution is -2.42. The maximum absolute atomic E-state index is 13.1. The number of carboxylic acids is 1. The first-order valence-electron chi connectivity index (χ1n) is 7.01. The highest BCUT2D eigenvalue weighted by molar-refractivity contribution is 5.97. The third-order valence-corrected chi connectivity index (χ3v) is 3.80. The molecule has 0 saturated heterocycles. The normalized spacial score (nSPS) is 11.4. The quantitative estimate of drug-likeness (QED) is 0.767. The van der Waals surface area contributed by atoms with Gasteiger partial charge in [0.25, 0.3) is 5.91 Å². The van der Waals surface area contributed by atoms with Gasteiger partial charge in [-0.1, -0.05) is 13.8 Å². The first kappa shape index (κ1) is 18.8. The van der Waals surface area contributed by atoms with Crippen molar-refractivity contribution in [1.82, 2.24) is 5.32 Å². The van der Waals surface area contributed by atoms with Crippen molar-refractivity contribution in [2.24, 2.45) is 5.41 Å². The highest BCUT2D eigenvalue weighted by Crippen LogP contribution is 2.27. The van der Waals surface area contributed by atoms with Crippen LogP contribution in [-0.4, -0.2) is 30.1 Å². The maximum Gasteiger partial charge on any atom is 0.387 e. The molecule has 0 bridgehead atoms. The number of hydrogen-bond donors (Lipinski definition) is 2. The van der Waals surface area contributed by atoms with E-state index in [1.165, 1.54) is 0 Å². The molecule has 0 heterocycles. The summed E-state index contributed by atoms with van der Waals surface area (Å²) in [5, 5.41) is 11.7. The van der Waals surface area contributed by atoms with Crippen LogP contribution in [-0.2, 0) is 4.79 Å². The molecule has 0 aliphatic rings. The molecule has 8 heteroatoms. The molecule has 0 atom stereocenters. The van der Waals surface area contributed by atoms with E-state index in [2.05, 4.69) is 10.1 Å². The van der Waals surface area contributed by atoms with Crippen LogP contribution in [0.25, 0.3) is 0 Å². The van der Waals surface area contributed by atoms with Gasteiger partial charge in [0, 0.05) is 12.6 Å². The Kier molecular flexibility index (Phi) is 6.41. The van der Waals surface area contributed by atoms with E-state index in [-0.39, 0.29) is 24.9 Å². The number of ether oxygens (including phenoxy) is 1. The second kappa shape index (κ2) is 7.85. The summed E-state index contributed by atoms with van der Waals surface area (Å²) in [5.74, 6) is -3.32. The molecule has 0 aromatic heterocycles. The Balaban J connectivity index is 2.96. The van der Waals surface area contributed by atoms with Gasteiger partial charge in [0.15, 0.2) is 0 Å². The minimum absolute atomic E-state index is 0.181. The van der Waals surface area contributed by atoms with E-state index in [0.29, 0.717) is 6.07 Å². The lowest BCUT2D eigenvalue weighted by molar-refractivity contribution is -0.149. The highest BCUT2D eigenvalue weighted by atomic mass is 19.3. The minimum Gasteiger partial charge on any atom is -0.481 e. The first-order chi connectivity index (χ1) is 10.8. The molecule has 0 fully saturated rings. The fourth-order valence-corrected chi connectivity index (χ4v) is 2.10. The Morgan fingerprint density at radius 3 is 2.39 bits per heavy atom. The lowest BCUT2D eigenvalue weighted by atomic mass is 9.82. The number of amides is 1. The van der Waals surface area contributed by atoms with Gasteiger partial charge >= 0.3 is 12.6 Å². The number of nitrogens with one attached hydrogen (secondary N) is 1. The number of aliphatic carboxylic acids is 1. The van der Waals surface area contributed by atoms with Gasteiger partial charge in [-0.05, 0) is 25.0 Å². The molecular formula is C15H18F3NO4. The second-order valence-electron chi connectivity index (χ2n) is 4.99. The fraction of sp³-hybridized carbons (Fsp3) is 0.467. The van der Waals surface area contributed by atoms with E-state index in [9.17, 15) is 27.9 Å². The summed E-state index contributed by atoms with van der Waals surface area (Å²) in [6, 6.07) is 2.60. The first-order valence-corrected chi connectivity index (χ1v) is 7.01. The van der Waals surface area contributed by atoms with Crippen LogP contribution in [0, 0.1) is 11.2 Å². The maximum atomic E-state index is 13.1. The van der Waals surface area contributed by atoms with Crippen molar-refractivity contribution in [3.05, 3.63) is 29.6 Å². The molecule has 5 nitrogen and oxygen atoms in total. The molecule has 23 heavy (non-hydrogen) atoms. The minimum atomic E-state index is -3.22. The van der Waals surface area contributed by atoms with Crippen molar-refractivity contribution in [3.63, 3.8) is 0 Å². The molecule has 1 aromatic rings. The van der Waals surface area contributed by atoms with Crippen LogP contribution in [0.15, 0.2) is 18.2 Å². The number of alkyl halides is 2. The van der Waals surface area contributed by atoms with Gasteiger partial charge in [-0.25, -0.2) is 4.39 Å². The van der Waals surface area contributed by atoms with E-state index >= 15 is 0 Å². The molecular weight excluding hydrogens is 315 g/mol. The van der Waals surface area contributed by atoms with Crippen LogP contribution in [0.2, 0.25) is 0 Å². The summed E-state index contributed by atoms with van der Waals surface area (Å²) in [7, 11) is 0. The largest absolute Gasteiger partial charge is 0.481 e. The van der Waals surface area contributed by atoms with E-state index in [1.807, 2.05) is 0 Å². The Morgan fingerprint density at radius 1 is 1.30 bits per heavy atom. The molecule has 1 aromatic carbocycles. The van der Waals surface area contributed by atoms with Crippen molar-refractivity contribution < 1.29 is 32.6 Å². The molecule has 0 saturated carbocycles. The standard InChI is InChI=1S/C15H18F3NO4/c1-3-15(4-2,13(21)22)8-19-12(20)10-6-5-9(16)7-11(10)23-14(17)18/h5-7,14H,3-4,8H2,1-2H3,(H,19,20)(H,21,22). The van der Waals surface area contributed by atoms with Crippen LogP contribution in [0.5, 0.6) is 5.75 Å². The van der Waals surface area contributed by atoms with Crippen molar-refractivity contribution in [1.29, 1.82) is 0 Å². The number of carboxylic acid groups (broad SMARTS) is 1. The predicted molar refractivity (Wildman–Crippen MR) is 76.0 cm³/mol. The average molecular weight is 333 g/mol. The molecule has 0 aliphatic carbocycles. The van der Waals surface area contributed by atoms with Gasteiger partial charge in [0.1, 0.15) is 11.6 Å². The average Bonchev–Trinajstić information content (AvgIpc) is 2.47. The Morgan fingerprint density at radius 2 is 1.91 bits per heavy atom. The lowest BCUT2D eigenvalue weighted by Gasteiger charge is -2.27. The number of carbonyl (C=O) groups is 2. The van der Waals surface area contributed by atoms with Crippen LogP contribution < -0.4 is 10.1 Å². The molecule has 0 radical (unpaired) electrons. The number of halogens is 3. The SMILES string of the molecule is CCC(CC)(CNC(=O)c1ccc(F)cc1OC(F)F)C(=O)O. The fourth-order valence-electron chi connectivity index (χ4n) is 2.10. The molecule has 0 aliphatic heterocycles. The van der Waals surface area contributed by atoms with Gasteiger partial charge in [-0.3, -0.25) is 9.59 Å². The molecule has 128 valence electrons. The van der Waals surface area contributed by atoms with Gasteiger partial charge in [-0.2, -0.15) is 8.78 Å². The highest BCUT2D eigenvalue weighted by Gasteiger charge is 2.35. The Hall–Kier alpha value is -2.25. The number of rotatable bonds is 8.